The van der Waals surface area contributed by atoms with Crippen molar-refractivity contribution in [3.63, 3.8) is 0 Å². The highest BCUT2D eigenvalue weighted by Gasteiger charge is 2.25. The molecule has 10 heteroatoms. The Morgan fingerprint density at radius 2 is 1.74 bits per heavy atom. The summed E-state index contributed by atoms with van der Waals surface area (Å²) >= 11 is 0. The van der Waals surface area contributed by atoms with Crippen LogP contribution in [-0.4, -0.2) is 56.7 Å². The van der Waals surface area contributed by atoms with Crippen LogP contribution in [0.25, 0.3) is 22.0 Å². The lowest BCUT2D eigenvalue weighted by molar-refractivity contribution is -0.138. The van der Waals surface area contributed by atoms with E-state index < -0.39 is 42.7 Å². The van der Waals surface area contributed by atoms with Gasteiger partial charge in [-0.2, -0.15) is 5.10 Å². The zero-order chi connectivity index (χ0) is 27.4. The molecule has 9 nitrogen and oxygen atoms in total. The number of para-hydroxylation sites is 1. The molecular formula is C28H28FN5O4. The van der Waals surface area contributed by atoms with E-state index in [1.165, 1.54) is 15.6 Å². The number of fused-ring (bicyclic) bond motifs is 1. The van der Waals surface area contributed by atoms with Crippen molar-refractivity contribution in [2.45, 2.75) is 26.4 Å². The highest BCUT2D eigenvalue weighted by Crippen LogP contribution is 2.30. The Kier molecular flexibility index (Phi) is 7.82. The minimum atomic E-state index is -0.734. The van der Waals surface area contributed by atoms with Gasteiger partial charge in [-0.1, -0.05) is 54.6 Å². The average molecular weight is 518 g/mol. The Bertz CT molecular complexity index is 1520. The van der Waals surface area contributed by atoms with E-state index >= 15 is 4.39 Å². The van der Waals surface area contributed by atoms with Gasteiger partial charge >= 0.3 is 0 Å². The number of aliphatic hydroxyl groups excluding tert-OH is 1. The zero-order valence-corrected chi connectivity index (χ0v) is 21.0. The standard InChI is InChI=1S/C28H28FN5O4/c1-17-8-3-4-9-19(17)20-11-7-12-22(26(20)29)31-24(36)14-33(18(2)16-35)25(37)15-34-23-13-6-5-10-21(23)27(32-34)28(30)38/h3-13,18,35H,14-16H2,1-2H3,(H2,30,38)(H,31,36). The highest BCUT2D eigenvalue weighted by atomic mass is 19.1. The molecule has 0 aliphatic heterocycles. The summed E-state index contributed by atoms with van der Waals surface area (Å²) in [6.45, 7) is 2.32. The molecule has 4 aromatic rings. The van der Waals surface area contributed by atoms with Crippen LogP contribution in [0.15, 0.2) is 66.7 Å². The second-order valence-electron chi connectivity index (χ2n) is 8.97. The topological polar surface area (TPSA) is 131 Å². The van der Waals surface area contributed by atoms with Crippen molar-refractivity contribution in [1.82, 2.24) is 14.7 Å². The van der Waals surface area contributed by atoms with E-state index in [4.69, 9.17) is 5.73 Å². The van der Waals surface area contributed by atoms with Crippen LogP contribution in [0.4, 0.5) is 10.1 Å². The van der Waals surface area contributed by atoms with Gasteiger partial charge in [0.05, 0.1) is 23.9 Å². The van der Waals surface area contributed by atoms with Crippen LogP contribution in [-0.2, 0) is 16.1 Å². The molecule has 0 saturated heterocycles. The van der Waals surface area contributed by atoms with Crippen molar-refractivity contribution in [1.29, 1.82) is 0 Å². The van der Waals surface area contributed by atoms with Gasteiger partial charge in [-0.25, -0.2) is 4.39 Å². The molecule has 0 fully saturated rings. The molecule has 0 bridgehead atoms. The molecule has 3 amide bonds. The van der Waals surface area contributed by atoms with Gasteiger partial charge in [-0.3, -0.25) is 19.1 Å². The molecular weight excluding hydrogens is 489 g/mol. The normalized spacial score (nSPS) is 11.8. The third kappa shape index (κ3) is 5.40. The van der Waals surface area contributed by atoms with Crippen LogP contribution in [0, 0.1) is 12.7 Å². The van der Waals surface area contributed by atoms with Crippen LogP contribution in [0.5, 0.6) is 0 Å². The Balaban J connectivity index is 1.55. The SMILES string of the molecule is Cc1ccccc1-c1cccc(NC(=O)CN(C(=O)Cn2nc(C(N)=O)c3ccccc32)C(C)CO)c1F. The van der Waals surface area contributed by atoms with Crippen LogP contribution >= 0.6 is 0 Å². The summed E-state index contributed by atoms with van der Waals surface area (Å²) in [5.41, 5.74) is 7.88. The Morgan fingerprint density at radius 1 is 1.05 bits per heavy atom. The summed E-state index contributed by atoms with van der Waals surface area (Å²) in [4.78, 5) is 39.2. The molecule has 1 heterocycles. The van der Waals surface area contributed by atoms with Gasteiger partial charge in [0.2, 0.25) is 11.8 Å². The summed E-state index contributed by atoms with van der Waals surface area (Å²) < 4.78 is 16.7. The number of carbonyl (C=O) groups is 3. The maximum Gasteiger partial charge on any atom is 0.269 e. The molecule has 0 radical (unpaired) electrons. The van der Waals surface area contributed by atoms with Crippen molar-refractivity contribution in [2.24, 2.45) is 5.73 Å². The van der Waals surface area contributed by atoms with Gasteiger partial charge in [0.1, 0.15) is 13.1 Å². The average Bonchev–Trinajstić information content (AvgIpc) is 3.27. The van der Waals surface area contributed by atoms with Crippen molar-refractivity contribution in [3.8, 4) is 11.1 Å². The van der Waals surface area contributed by atoms with E-state index in [2.05, 4.69) is 10.4 Å². The fourth-order valence-corrected chi connectivity index (χ4v) is 4.29. The zero-order valence-electron chi connectivity index (χ0n) is 21.0. The fraction of sp³-hybridized carbons (Fsp3) is 0.214. The van der Waals surface area contributed by atoms with Gasteiger partial charge in [-0.05, 0) is 37.1 Å². The first-order valence-electron chi connectivity index (χ1n) is 12.0. The molecule has 0 aliphatic carbocycles. The Morgan fingerprint density at radius 3 is 2.45 bits per heavy atom. The second kappa shape index (κ2) is 11.2. The number of benzene rings is 3. The first kappa shape index (κ1) is 26.5. The molecule has 0 saturated carbocycles. The third-order valence-corrected chi connectivity index (χ3v) is 6.32. The van der Waals surface area contributed by atoms with Crippen LogP contribution < -0.4 is 11.1 Å². The first-order valence-corrected chi connectivity index (χ1v) is 12.0. The number of hydrogen-bond donors (Lipinski definition) is 3. The van der Waals surface area contributed by atoms with E-state index in [1.807, 2.05) is 25.1 Å². The van der Waals surface area contributed by atoms with Crippen molar-refractivity contribution >= 4 is 34.3 Å². The van der Waals surface area contributed by atoms with E-state index in [0.717, 1.165) is 5.56 Å². The molecule has 0 aliphatic rings. The number of aryl methyl sites for hydroxylation is 1. The Hall–Kier alpha value is -4.57. The quantitative estimate of drug-likeness (QED) is 0.314. The van der Waals surface area contributed by atoms with Crippen LogP contribution in [0.2, 0.25) is 0 Å². The van der Waals surface area contributed by atoms with Gasteiger partial charge in [0.25, 0.3) is 5.91 Å². The molecule has 0 spiro atoms. The number of halogens is 1. The van der Waals surface area contributed by atoms with Gasteiger partial charge in [0, 0.05) is 10.9 Å². The summed E-state index contributed by atoms with van der Waals surface area (Å²) in [6, 6.07) is 18.1. The van der Waals surface area contributed by atoms with Crippen LogP contribution in [0.1, 0.15) is 23.0 Å². The molecule has 1 atom stereocenters. The summed E-state index contributed by atoms with van der Waals surface area (Å²) in [7, 11) is 0. The summed E-state index contributed by atoms with van der Waals surface area (Å²) in [5.74, 6) is -2.49. The van der Waals surface area contributed by atoms with Gasteiger partial charge in [-0.15, -0.1) is 0 Å². The number of rotatable bonds is 9. The summed E-state index contributed by atoms with van der Waals surface area (Å²) in [6.07, 6.45) is 0. The molecule has 3 aromatic carbocycles. The Labute approximate surface area is 218 Å². The summed E-state index contributed by atoms with van der Waals surface area (Å²) in [5, 5.41) is 17.0. The van der Waals surface area contributed by atoms with E-state index in [1.54, 1.807) is 49.4 Å². The van der Waals surface area contributed by atoms with Crippen LogP contribution in [0.3, 0.4) is 0 Å². The van der Waals surface area contributed by atoms with E-state index in [9.17, 15) is 19.5 Å². The number of aliphatic hydroxyl groups is 1. The van der Waals surface area contributed by atoms with Gasteiger partial charge < -0.3 is 21.1 Å². The molecule has 196 valence electrons. The number of aromatic nitrogens is 2. The predicted molar refractivity (Wildman–Crippen MR) is 142 cm³/mol. The highest BCUT2D eigenvalue weighted by molar-refractivity contribution is 6.04. The lowest BCUT2D eigenvalue weighted by Crippen LogP contribution is -2.46. The molecule has 4 N–H and O–H groups in total. The maximum absolute atomic E-state index is 15.3. The lowest BCUT2D eigenvalue weighted by atomic mass is 9.99. The first-order chi connectivity index (χ1) is 18.2. The number of nitrogens with two attached hydrogens (primary N) is 1. The minimum Gasteiger partial charge on any atom is -0.394 e. The lowest BCUT2D eigenvalue weighted by Gasteiger charge is -2.27. The minimum absolute atomic E-state index is 0.0241. The smallest absolute Gasteiger partial charge is 0.269 e. The fourth-order valence-electron chi connectivity index (χ4n) is 4.29. The third-order valence-electron chi connectivity index (χ3n) is 6.32. The number of hydrogen-bond acceptors (Lipinski definition) is 5. The number of anilines is 1. The monoisotopic (exact) mass is 517 g/mol. The largest absolute Gasteiger partial charge is 0.394 e. The predicted octanol–water partition coefficient (Wildman–Crippen LogP) is 3.10. The number of primary amides is 1. The molecule has 4 rings (SSSR count). The number of carbonyl (C=O) groups excluding carboxylic acids is 3. The molecule has 38 heavy (non-hydrogen) atoms. The molecule has 1 unspecified atom stereocenters. The number of amides is 3. The van der Waals surface area contributed by atoms with Crippen molar-refractivity contribution in [3.05, 3.63) is 83.8 Å². The number of nitrogens with zero attached hydrogens (tertiary/aromatic N) is 3. The van der Waals surface area contributed by atoms with Crippen molar-refractivity contribution < 1.29 is 23.9 Å². The van der Waals surface area contributed by atoms with E-state index in [-0.39, 0.29) is 17.9 Å². The number of nitrogens with one attached hydrogen (secondary N) is 1. The van der Waals surface area contributed by atoms with E-state index in [0.29, 0.717) is 22.0 Å². The van der Waals surface area contributed by atoms with Crippen molar-refractivity contribution in [2.75, 3.05) is 18.5 Å². The second-order valence-corrected chi connectivity index (χ2v) is 8.97. The van der Waals surface area contributed by atoms with Gasteiger partial charge in [0.15, 0.2) is 11.5 Å². The maximum atomic E-state index is 15.3. The molecule has 1 aromatic heterocycles.